The number of aliphatic hydroxyl groups excluding tert-OH is 1. The Labute approximate surface area is 142 Å². The molecule has 0 aliphatic carbocycles. The van der Waals surface area contributed by atoms with E-state index in [0.717, 1.165) is 30.3 Å². The van der Waals surface area contributed by atoms with Gasteiger partial charge in [0.05, 0.1) is 11.1 Å². The lowest BCUT2D eigenvalue weighted by molar-refractivity contribution is -0.0327. The van der Waals surface area contributed by atoms with Crippen molar-refractivity contribution in [2.45, 2.75) is 22.7 Å². The van der Waals surface area contributed by atoms with Crippen molar-refractivity contribution in [3.05, 3.63) is 52.8 Å². The zero-order valence-corrected chi connectivity index (χ0v) is 13.0. The fraction of sp³-hybridized carbons (Fsp3) is 0.188. The van der Waals surface area contributed by atoms with Crippen LogP contribution in [0.3, 0.4) is 0 Å². The summed E-state index contributed by atoms with van der Waals surface area (Å²) >= 11 is -0.00883. The van der Waals surface area contributed by atoms with Crippen LogP contribution in [0.1, 0.15) is 29.2 Å². The van der Waals surface area contributed by atoms with Gasteiger partial charge in [0, 0.05) is 16.5 Å². The first-order chi connectivity index (χ1) is 11.7. The third-order valence-electron chi connectivity index (χ3n) is 3.55. The summed E-state index contributed by atoms with van der Waals surface area (Å²) in [6.07, 6.45) is -5.59. The van der Waals surface area contributed by atoms with Gasteiger partial charge in [-0.15, -0.1) is 0 Å². The summed E-state index contributed by atoms with van der Waals surface area (Å²) < 4.78 is 72.7. The smallest absolute Gasteiger partial charge is 0.327 e. The van der Waals surface area contributed by atoms with Gasteiger partial charge in [-0.2, -0.15) is 14.0 Å². The summed E-state index contributed by atoms with van der Waals surface area (Å²) in [6, 6.07) is 6.80. The Bertz CT molecular complexity index is 882. The molecule has 1 heterocycles. The van der Waals surface area contributed by atoms with Crippen molar-refractivity contribution in [1.82, 2.24) is 0 Å². The van der Waals surface area contributed by atoms with Crippen LogP contribution in [-0.2, 0) is 0 Å². The van der Waals surface area contributed by atoms with Gasteiger partial charge in [0.25, 0.3) is 6.43 Å². The number of aliphatic hydroxyl groups is 1. The van der Waals surface area contributed by atoms with Crippen LogP contribution >= 0.6 is 11.8 Å². The number of hydrogen-bond acceptors (Lipinski definition) is 4. The van der Waals surface area contributed by atoms with Crippen molar-refractivity contribution in [2.24, 2.45) is 0 Å². The fourth-order valence-corrected chi connectivity index (χ4v) is 3.42. The Kier molecular flexibility index (Phi) is 4.34. The van der Waals surface area contributed by atoms with E-state index in [1.807, 2.05) is 0 Å². The van der Waals surface area contributed by atoms with Crippen molar-refractivity contribution in [3.63, 3.8) is 0 Å². The number of hydrogen-bond donors (Lipinski definition) is 1. The highest BCUT2D eigenvalue weighted by molar-refractivity contribution is 8.00. The molecule has 0 radical (unpaired) electrons. The summed E-state index contributed by atoms with van der Waals surface area (Å²) in [6.45, 7) is 0. The lowest BCUT2D eigenvalue weighted by atomic mass is 10.0. The van der Waals surface area contributed by atoms with Crippen LogP contribution in [0.4, 0.5) is 22.0 Å². The quantitative estimate of drug-likeness (QED) is 0.755. The molecule has 1 N–H and O–H groups in total. The third-order valence-corrected chi connectivity index (χ3v) is 4.62. The van der Waals surface area contributed by atoms with Gasteiger partial charge in [0.1, 0.15) is 23.4 Å². The van der Waals surface area contributed by atoms with E-state index < -0.39 is 40.5 Å². The molecular formula is C16H8F5NO2S. The highest BCUT2D eigenvalue weighted by Crippen LogP contribution is 2.57. The molecule has 0 amide bonds. The van der Waals surface area contributed by atoms with E-state index >= 15 is 0 Å². The van der Waals surface area contributed by atoms with Crippen molar-refractivity contribution in [2.75, 3.05) is 0 Å². The highest BCUT2D eigenvalue weighted by Gasteiger charge is 2.50. The molecule has 0 saturated heterocycles. The molecule has 0 saturated carbocycles. The maximum absolute atomic E-state index is 13.6. The van der Waals surface area contributed by atoms with E-state index in [4.69, 9.17) is 10.00 Å². The Hall–Kier alpha value is -2.31. The second-order valence-corrected chi connectivity index (χ2v) is 6.30. The second kappa shape index (κ2) is 6.20. The molecule has 1 aliphatic heterocycles. The van der Waals surface area contributed by atoms with Crippen molar-refractivity contribution in [3.8, 4) is 17.6 Å². The molecule has 1 unspecified atom stereocenters. The van der Waals surface area contributed by atoms with Gasteiger partial charge < -0.3 is 9.84 Å². The monoisotopic (exact) mass is 373 g/mol. The second-order valence-electron chi connectivity index (χ2n) is 5.11. The van der Waals surface area contributed by atoms with E-state index in [9.17, 15) is 27.1 Å². The summed E-state index contributed by atoms with van der Waals surface area (Å²) in [5.74, 6) is -1.39. The topological polar surface area (TPSA) is 53.2 Å². The first kappa shape index (κ1) is 17.5. The predicted octanol–water partition coefficient (Wildman–Crippen LogP) is 5.16. The van der Waals surface area contributed by atoms with E-state index in [-0.39, 0.29) is 28.0 Å². The lowest BCUT2D eigenvalue weighted by Crippen LogP contribution is -2.17. The number of thioether (sulfide) groups is 1. The molecule has 25 heavy (non-hydrogen) atoms. The van der Waals surface area contributed by atoms with Gasteiger partial charge >= 0.3 is 5.25 Å². The molecule has 2 aromatic carbocycles. The zero-order chi connectivity index (χ0) is 18.4. The fourth-order valence-electron chi connectivity index (χ4n) is 2.43. The number of nitrogens with zero attached hydrogens (tertiary/aromatic N) is 1. The minimum Gasteiger partial charge on any atom is -0.457 e. The standard InChI is InChI=1S/C16H8F5NO2S/c17-9-2-1-8(5-7(9)6-22)24-10-3-4-11-13(12(10)15(18)19)14(23)16(20,21)25-11/h1-5,14-15,23H. The lowest BCUT2D eigenvalue weighted by Gasteiger charge is -2.17. The number of alkyl halides is 4. The summed E-state index contributed by atoms with van der Waals surface area (Å²) in [5, 5.41) is 14.9. The first-order valence-electron chi connectivity index (χ1n) is 6.82. The molecule has 130 valence electrons. The Balaban J connectivity index is 2.07. The van der Waals surface area contributed by atoms with Crippen LogP contribution in [0.2, 0.25) is 0 Å². The third kappa shape index (κ3) is 3.03. The summed E-state index contributed by atoms with van der Waals surface area (Å²) in [4.78, 5) is -0.169. The molecule has 1 aliphatic rings. The van der Waals surface area contributed by atoms with E-state index in [2.05, 4.69) is 0 Å². The molecule has 9 heteroatoms. The highest BCUT2D eigenvalue weighted by atomic mass is 32.2. The van der Waals surface area contributed by atoms with Crippen molar-refractivity contribution >= 4 is 11.8 Å². The SMILES string of the molecule is N#Cc1cc(Oc2ccc3c(c2C(F)F)C(O)C(F)(F)S3)ccc1F. The Morgan fingerprint density at radius 2 is 1.96 bits per heavy atom. The maximum Gasteiger partial charge on any atom is 0.327 e. The summed E-state index contributed by atoms with van der Waals surface area (Å²) in [7, 11) is 0. The van der Waals surface area contributed by atoms with Crippen molar-refractivity contribution < 1.29 is 31.8 Å². The minimum atomic E-state index is -3.63. The molecule has 0 spiro atoms. The van der Waals surface area contributed by atoms with Gasteiger partial charge in [0.2, 0.25) is 0 Å². The number of halogens is 5. The van der Waals surface area contributed by atoms with Crippen molar-refractivity contribution in [1.29, 1.82) is 5.26 Å². The molecule has 0 aromatic heterocycles. The molecular weight excluding hydrogens is 365 g/mol. The molecule has 2 aromatic rings. The number of benzene rings is 2. The normalized spacial score (nSPS) is 18.1. The molecule has 0 bridgehead atoms. The molecule has 3 rings (SSSR count). The van der Waals surface area contributed by atoms with Crippen LogP contribution in [-0.4, -0.2) is 10.4 Å². The van der Waals surface area contributed by atoms with Crippen LogP contribution in [0.15, 0.2) is 35.2 Å². The Morgan fingerprint density at radius 3 is 2.60 bits per heavy atom. The van der Waals surface area contributed by atoms with E-state index in [1.165, 1.54) is 0 Å². The number of ether oxygens (including phenoxy) is 1. The predicted molar refractivity (Wildman–Crippen MR) is 78.4 cm³/mol. The molecule has 1 atom stereocenters. The molecule has 0 fully saturated rings. The van der Waals surface area contributed by atoms with E-state index in [1.54, 1.807) is 6.07 Å². The largest absolute Gasteiger partial charge is 0.457 e. The van der Waals surface area contributed by atoms with Crippen LogP contribution in [0, 0.1) is 17.1 Å². The van der Waals surface area contributed by atoms with Gasteiger partial charge in [-0.25, -0.2) is 13.2 Å². The van der Waals surface area contributed by atoms with E-state index in [0.29, 0.717) is 0 Å². The van der Waals surface area contributed by atoms with Crippen LogP contribution in [0.5, 0.6) is 11.5 Å². The van der Waals surface area contributed by atoms with Gasteiger partial charge in [-0.3, -0.25) is 0 Å². The Morgan fingerprint density at radius 1 is 1.24 bits per heavy atom. The van der Waals surface area contributed by atoms with Gasteiger partial charge in [-0.1, -0.05) is 0 Å². The maximum atomic E-state index is 13.6. The summed E-state index contributed by atoms with van der Waals surface area (Å²) in [5.41, 5.74) is -1.82. The van der Waals surface area contributed by atoms with Crippen LogP contribution in [0.25, 0.3) is 0 Å². The first-order valence-corrected chi connectivity index (χ1v) is 7.63. The average molecular weight is 373 g/mol. The van der Waals surface area contributed by atoms with Gasteiger partial charge in [-0.05, 0) is 36.0 Å². The van der Waals surface area contributed by atoms with Gasteiger partial charge in [0.15, 0.2) is 6.10 Å². The molecule has 3 nitrogen and oxygen atoms in total. The zero-order valence-electron chi connectivity index (χ0n) is 12.1. The minimum absolute atomic E-state index is 0.00883. The number of nitriles is 1. The van der Waals surface area contributed by atoms with Crippen LogP contribution < -0.4 is 4.74 Å². The number of rotatable bonds is 3. The number of fused-ring (bicyclic) bond motifs is 1. The average Bonchev–Trinajstić information content (AvgIpc) is 2.78.